The minimum Gasteiger partial charge on any atom is -0.388 e. The maximum absolute atomic E-state index is 10.6. The van der Waals surface area contributed by atoms with Crippen molar-refractivity contribution in [1.29, 1.82) is 0 Å². The smallest absolute Gasteiger partial charge is 0.129 e. The van der Waals surface area contributed by atoms with Gasteiger partial charge < -0.3 is 10.4 Å². The lowest BCUT2D eigenvalue weighted by molar-refractivity contribution is -0.0145. The molecule has 19 heavy (non-hydrogen) atoms. The third-order valence-electron chi connectivity index (χ3n) is 4.22. The first kappa shape index (κ1) is 14.3. The SMILES string of the molecule is CCc1cc(NCC2(O)CCC(C)(C)CC2)ncn1. The van der Waals surface area contributed by atoms with Gasteiger partial charge in [0.2, 0.25) is 0 Å². The molecule has 0 unspecified atom stereocenters. The lowest BCUT2D eigenvalue weighted by Gasteiger charge is -2.40. The van der Waals surface area contributed by atoms with E-state index in [1.807, 2.05) is 6.07 Å². The van der Waals surface area contributed by atoms with E-state index < -0.39 is 5.60 Å². The fraction of sp³-hybridized carbons (Fsp3) is 0.733. The zero-order chi connectivity index (χ0) is 13.9. The number of hydrogen-bond donors (Lipinski definition) is 2. The molecule has 4 heteroatoms. The molecule has 106 valence electrons. The maximum Gasteiger partial charge on any atom is 0.129 e. The third kappa shape index (κ3) is 3.90. The summed E-state index contributed by atoms with van der Waals surface area (Å²) in [6.45, 7) is 7.20. The van der Waals surface area contributed by atoms with E-state index in [2.05, 4.69) is 36.1 Å². The molecule has 0 saturated heterocycles. The fourth-order valence-electron chi connectivity index (χ4n) is 2.51. The van der Waals surface area contributed by atoms with Gasteiger partial charge in [0.1, 0.15) is 12.1 Å². The van der Waals surface area contributed by atoms with Crippen LogP contribution in [-0.4, -0.2) is 27.2 Å². The van der Waals surface area contributed by atoms with Crippen LogP contribution in [0.15, 0.2) is 12.4 Å². The van der Waals surface area contributed by atoms with Crippen molar-refractivity contribution in [2.75, 3.05) is 11.9 Å². The zero-order valence-corrected chi connectivity index (χ0v) is 12.2. The standard InChI is InChI=1S/C15H25N3O/c1-4-12-9-13(18-11-17-12)16-10-15(19)7-5-14(2,3)6-8-15/h9,11,19H,4-8,10H2,1-3H3,(H,16,17,18). The van der Waals surface area contributed by atoms with Crippen LogP contribution in [0, 0.1) is 5.41 Å². The third-order valence-corrected chi connectivity index (χ3v) is 4.22. The van der Waals surface area contributed by atoms with E-state index in [1.54, 1.807) is 6.33 Å². The van der Waals surface area contributed by atoms with Gasteiger partial charge in [-0.05, 0) is 37.5 Å². The molecule has 1 aliphatic carbocycles. The molecule has 0 radical (unpaired) electrons. The molecule has 0 spiro atoms. The van der Waals surface area contributed by atoms with Gasteiger partial charge in [-0.15, -0.1) is 0 Å². The molecule has 0 bridgehead atoms. The first-order valence-corrected chi connectivity index (χ1v) is 7.20. The quantitative estimate of drug-likeness (QED) is 0.877. The molecule has 1 saturated carbocycles. The van der Waals surface area contributed by atoms with Gasteiger partial charge in [-0.1, -0.05) is 20.8 Å². The number of anilines is 1. The molecule has 0 amide bonds. The molecule has 1 fully saturated rings. The lowest BCUT2D eigenvalue weighted by Crippen LogP contribution is -2.42. The first-order valence-electron chi connectivity index (χ1n) is 7.20. The molecule has 1 heterocycles. The highest BCUT2D eigenvalue weighted by Gasteiger charge is 2.36. The maximum atomic E-state index is 10.6. The molecule has 0 atom stereocenters. The van der Waals surface area contributed by atoms with Gasteiger partial charge in [-0.2, -0.15) is 0 Å². The molecule has 1 aromatic rings. The van der Waals surface area contributed by atoms with Crippen molar-refractivity contribution in [2.24, 2.45) is 5.41 Å². The normalized spacial score (nSPS) is 21.1. The molecule has 0 aliphatic heterocycles. The number of rotatable bonds is 4. The predicted molar refractivity (Wildman–Crippen MR) is 77.1 cm³/mol. The van der Waals surface area contributed by atoms with E-state index in [0.717, 1.165) is 43.6 Å². The average molecular weight is 263 g/mol. The van der Waals surface area contributed by atoms with Crippen LogP contribution in [0.2, 0.25) is 0 Å². The molecular weight excluding hydrogens is 238 g/mol. The van der Waals surface area contributed by atoms with Crippen LogP contribution in [0.25, 0.3) is 0 Å². The molecule has 0 aromatic carbocycles. The van der Waals surface area contributed by atoms with Crippen LogP contribution in [-0.2, 0) is 6.42 Å². The Bertz CT molecular complexity index is 421. The second-order valence-corrected chi connectivity index (χ2v) is 6.49. The van der Waals surface area contributed by atoms with Crippen molar-refractivity contribution in [2.45, 2.75) is 58.5 Å². The Morgan fingerprint density at radius 2 is 1.89 bits per heavy atom. The Morgan fingerprint density at radius 1 is 1.21 bits per heavy atom. The minimum atomic E-state index is -0.590. The molecule has 2 N–H and O–H groups in total. The summed E-state index contributed by atoms with van der Waals surface area (Å²) in [5, 5.41) is 13.8. The van der Waals surface area contributed by atoms with Crippen molar-refractivity contribution in [3.63, 3.8) is 0 Å². The molecule has 4 nitrogen and oxygen atoms in total. The van der Waals surface area contributed by atoms with Gasteiger partial charge in [0.25, 0.3) is 0 Å². The highest BCUT2D eigenvalue weighted by molar-refractivity contribution is 5.35. The largest absolute Gasteiger partial charge is 0.388 e. The van der Waals surface area contributed by atoms with Crippen molar-refractivity contribution in [3.8, 4) is 0 Å². The van der Waals surface area contributed by atoms with Gasteiger partial charge in [-0.3, -0.25) is 0 Å². The van der Waals surface area contributed by atoms with E-state index >= 15 is 0 Å². The zero-order valence-electron chi connectivity index (χ0n) is 12.2. The molecule has 1 aliphatic rings. The van der Waals surface area contributed by atoms with Crippen LogP contribution in [0.4, 0.5) is 5.82 Å². The minimum absolute atomic E-state index is 0.372. The summed E-state index contributed by atoms with van der Waals surface area (Å²) in [7, 11) is 0. The summed E-state index contributed by atoms with van der Waals surface area (Å²) >= 11 is 0. The highest BCUT2D eigenvalue weighted by Crippen LogP contribution is 2.40. The predicted octanol–water partition coefficient (Wildman–Crippen LogP) is 2.78. The van der Waals surface area contributed by atoms with Gasteiger partial charge in [0.15, 0.2) is 0 Å². The molecule has 2 rings (SSSR count). The molecule has 1 aromatic heterocycles. The van der Waals surface area contributed by atoms with Crippen molar-refractivity contribution in [1.82, 2.24) is 9.97 Å². The first-order chi connectivity index (χ1) is 8.92. The lowest BCUT2D eigenvalue weighted by atomic mass is 9.71. The van der Waals surface area contributed by atoms with Gasteiger partial charge in [-0.25, -0.2) is 9.97 Å². The van der Waals surface area contributed by atoms with E-state index in [-0.39, 0.29) is 0 Å². The van der Waals surface area contributed by atoms with Crippen molar-refractivity contribution in [3.05, 3.63) is 18.1 Å². The second kappa shape index (κ2) is 5.45. The van der Waals surface area contributed by atoms with Gasteiger partial charge >= 0.3 is 0 Å². The summed E-state index contributed by atoms with van der Waals surface area (Å²) < 4.78 is 0. The van der Waals surface area contributed by atoms with Crippen LogP contribution in [0.1, 0.15) is 52.1 Å². The topological polar surface area (TPSA) is 58.0 Å². The molecular formula is C15H25N3O. The summed E-state index contributed by atoms with van der Waals surface area (Å²) in [5.74, 6) is 0.810. The van der Waals surface area contributed by atoms with Gasteiger partial charge in [0, 0.05) is 18.3 Å². The second-order valence-electron chi connectivity index (χ2n) is 6.49. The summed E-state index contributed by atoms with van der Waals surface area (Å²) in [5.41, 5.74) is 0.804. The Labute approximate surface area is 115 Å². The van der Waals surface area contributed by atoms with E-state index in [4.69, 9.17) is 0 Å². The highest BCUT2D eigenvalue weighted by atomic mass is 16.3. The van der Waals surface area contributed by atoms with E-state index in [1.165, 1.54) is 0 Å². The number of aromatic nitrogens is 2. The van der Waals surface area contributed by atoms with E-state index in [0.29, 0.717) is 12.0 Å². The summed E-state index contributed by atoms with van der Waals surface area (Å²) in [6.07, 6.45) is 6.35. The summed E-state index contributed by atoms with van der Waals surface area (Å²) in [6, 6.07) is 1.95. The van der Waals surface area contributed by atoms with Crippen LogP contribution in [0.3, 0.4) is 0 Å². The van der Waals surface area contributed by atoms with Gasteiger partial charge in [0.05, 0.1) is 5.60 Å². The number of nitrogens with one attached hydrogen (secondary N) is 1. The number of nitrogens with zero attached hydrogens (tertiary/aromatic N) is 2. The van der Waals surface area contributed by atoms with Crippen molar-refractivity contribution < 1.29 is 5.11 Å². The van der Waals surface area contributed by atoms with Crippen LogP contribution in [0.5, 0.6) is 0 Å². The number of aliphatic hydroxyl groups is 1. The van der Waals surface area contributed by atoms with Crippen LogP contribution >= 0.6 is 0 Å². The number of hydrogen-bond acceptors (Lipinski definition) is 4. The Kier molecular flexibility index (Phi) is 4.09. The fourth-order valence-corrected chi connectivity index (χ4v) is 2.51. The van der Waals surface area contributed by atoms with Crippen LogP contribution < -0.4 is 5.32 Å². The Balaban J connectivity index is 1.91. The summed E-state index contributed by atoms with van der Waals surface area (Å²) in [4.78, 5) is 8.37. The monoisotopic (exact) mass is 263 g/mol. The van der Waals surface area contributed by atoms with E-state index in [9.17, 15) is 5.11 Å². The van der Waals surface area contributed by atoms with Crippen molar-refractivity contribution >= 4 is 5.82 Å². The average Bonchev–Trinajstić information content (AvgIpc) is 2.41. The number of aryl methyl sites for hydroxylation is 1. The Hall–Kier alpha value is -1.16. The Morgan fingerprint density at radius 3 is 2.53 bits per heavy atom.